The van der Waals surface area contributed by atoms with Crippen LogP contribution in [-0.4, -0.2) is 184 Å². The Labute approximate surface area is 528 Å². The minimum absolute atomic E-state index is 0.0412. The molecule has 0 aromatic heterocycles. The molecule has 0 radical (unpaired) electrons. The van der Waals surface area contributed by atoms with Crippen LogP contribution < -0.4 is 31.9 Å². The molecular formula is C67H107N7O15. The van der Waals surface area contributed by atoms with Gasteiger partial charge in [-0.1, -0.05) is 94.5 Å². The van der Waals surface area contributed by atoms with Crippen molar-refractivity contribution >= 4 is 24.2 Å². The molecule has 0 bridgehead atoms. The summed E-state index contributed by atoms with van der Waals surface area (Å²) >= 11 is 0. The van der Waals surface area contributed by atoms with Gasteiger partial charge in [-0.05, 0) is 149 Å². The van der Waals surface area contributed by atoms with Crippen molar-refractivity contribution in [3.05, 3.63) is 96.0 Å². The molecular weight excluding hydrogens is 1140 g/mol. The lowest BCUT2D eigenvalue weighted by atomic mass is 9.65. The standard InChI is InChI=1S/C67H107N7O15/c1-40(37-68-32-23-24-33-70-59(79)84-38-48-46-27-21-19-25-44(46)45-26-20-22-28-47(45)48)29-30-49(72-53(76)36-62(5,6)7)41(2)67(83)52(73-60(80)88-64(11,12)13)35-50(71-42(3)51(75)31-34-69-43(4)87-63(8,9)10)55(57(67)78)86-58-54(77)56(66(17,82)39-85-58)74(18)61(81)89-65(14,15)16/h19-22,25-29,41,48-52,54-58,68-69,71,75,77-78,82-83H,3-4,23-24,30-39H2,1-2,5-18H3,(H,70,79)(H,72,76)(H,73,80)/b40-29+/t41-,49+,50+,51-,52-,54+,55-,56+,57+,58+,66-,67+/m0/s1. The SMILES string of the molecule is C=C(NCC[C@H](O)C(=C)N[C@@H]1C[C@H](NC(=O)OC(C)(C)C)[C@](O)([C@@H](C)[C@@H](C/C=C(\C)CNCCCCNC(=O)OCC2c3ccccc3-c3ccccc32)NC(=O)CC(C)(C)C)[C@H](O)[C@H]1O[C@H]1OC[C@](C)(O)[C@H](N(C)C(=O)OC(C)(C)C)[C@H]1O)OC(C)(C)C. The maximum absolute atomic E-state index is 14.1. The first kappa shape index (κ1) is 73.8. The predicted octanol–water partition coefficient (Wildman–Crippen LogP) is 7.37. The van der Waals surface area contributed by atoms with Gasteiger partial charge in [0.2, 0.25) is 5.91 Å². The second-order valence-electron chi connectivity index (χ2n) is 28.7. The quantitative estimate of drug-likeness (QED) is 0.0180. The topological polar surface area (TPSA) is 300 Å². The molecule has 0 spiro atoms. The number of aliphatic hydroxyl groups is 5. The number of fused-ring (bicyclic) bond motifs is 3. The van der Waals surface area contributed by atoms with Gasteiger partial charge in [-0.3, -0.25) is 4.79 Å². The summed E-state index contributed by atoms with van der Waals surface area (Å²) in [4.78, 5) is 55.4. The Bertz CT molecular complexity index is 2700. The second kappa shape index (κ2) is 30.9. The van der Waals surface area contributed by atoms with E-state index in [0.717, 1.165) is 39.1 Å². The van der Waals surface area contributed by atoms with E-state index in [4.69, 9.17) is 28.4 Å². The zero-order valence-electron chi connectivity index (χ0n) is 55.7. The number of rotatable bonds is 27. The number of alkyl carbamates (subject to hydrolysis) is 2. The molecule has 2 aliphatic carbocycles. The highest BCUT2D eigenvalue weighted by molar-refractivity contribution is 5.79. The van der Waals surface area contributed by atoms with E-state index in [-0.39, 0.29) is 56.4 Å². The third-order valence-electron chi connectivity index (χ3n) is 15.9. The van der Waals surface area contributed by atoms with Gasteiger partial charge in [-0.15, -0.1) is 0 Å². The van der Waals surface area contributed by atoms with Crippen molar-refractivity contribution < 1.29 is 73.1 Å². The number of nitrogens with zero attached hydrogens (tertiary/aromatic N) is 1. The third-order valence-corrected chi connectivity index (χ3v) is 15.9. The largest absolute Gasteiger partial charge is 0.474 e. The van der Waals surface area contributed by atoms with Crippen LogP contribution in [0.2, 0.25) is 0 Å². The fourth-order valence-corrected chi connectivity index (χ4v) is 11.7. The van der Waals surface area contributed by atoms with Gasteiger partial charge in [0, 0.05) is 56.7 Å². The summed E-state index contributed by atoms with van der Waals surface area (Å²) in [5.41, 5.74) is -1.62. The number of nitrogens with one attached hydrogen (secondary N) is 6. The zero-order chi connectivity index (χ0) is 66.6. The van der Waals surface area contributed by atoms with Crippen LogP contribution in [0.25, 0.3) is 11.1 Å². The van der Waals surface area contributed by atoms with Crippen molar-refractivity contribution in [1.29, 1.82) is 0 Å². The van der Waals surface area contributed by atoms with Crippen molar-refractivity contribution in [3.63, 3.8) is 0 Å². The summed E-state index contributed by atoms with van der Waals surface area (Å²) < 4.78 is 35.5. The maximum atomic E-state index is 14.1. The van der Waals surface area contributed by atoms with Crippen LogP contribution in [0.15, 0.2) is 84.9 Å². The zero-order valence-corrected chi connectivity index (χ0v) is 55.7. The van der Waals surface area contributed by atoms with E-state index in [2.05, 4.69) is 69.3 Å². The molecule has 11 N–H and O–H groups in total. The molecule has 2 aromatic carbocycles. The number of carbonyl (C=O) groups is 4. The van der Waals surface area contributed by atoms with E-state index in [1.807, 2.05) is 78.8 Å². The molecule has 1 saturated heterocycles. The number of ether oxygens (including phenoxy) is 6. The fraction of sp³-hybridized carbons (Fsp3) is 0.672. The average molecular weight is 1250 g/mol. The van der Waals surface area contributed by atoms with Crippen molar-refractivity contribution in [2.45, 2.75) is 231 Å². The number of aliphatic hydroxyl groups excluding tert-OH is 3. The van der Waals surface area contributed by atoms with Crippen LogP contribution in [0.5, 0.6) is 0 Å². The van der Waals surface area contributed by atoms with E-state index in [1.54, 1.807) is 48.5 Å². The van der Waals surface area contributed by atoms with E-state index in [1.165, 1.54) is 14.0 Å². The lowest BCUT2D eigenvalue weighted by Crippen LogP contribution is -2.76. The first-order chi connectivity index (χ1) is 41.2. The van der Waals surface area contributed by atoms with Crippen LogP contribution in [0.1, 0.15) is 159 Å². The van der Waals surface area contributed by atoms with Crippen LogP contribution in [-0.2, 0) is 33.2 Å². The molecule has 2 aromatic rings. The number of unbranched alkanes of at least 4 members (excludes halogenated alkanes) is 1. The molecule has 1 heterocycles. The second-order valence-corrected chi connectivity index (χ2v) is 28.7. The van der Waals surface area contributed by atoms with Crippen molar-refractivity contribution in [2.75, 3.05) is 46.4 Å². The average Bonchev–Trinajstić information content (AvgIpc) is 0.983. The highest BCUT2D eigenvalue weighted by Gasteiger charge is 2.61. The number of benzene rings is 2. The van der Waals surface area contributed by atoms with E-state index >= 15 is 0 Å². The molecule has 0 unspecified atom stereocenters. The van der Waals surface area contributed by atoms with Crippen molar-refractivity contribution in [3.8, 4) is 11.1 Å². The molecule has 1 saturated carbocycles. The third kappa shape index (κ3) is 21.6. The van der Waals surface area contributed by atoms with Crippen LogP contribution in [0, 0.1) is 11.3 Å². The Balaban J connectivity index is 1.38. The first-order valence-electron chi connectivity index (χ1n) is 31.2. The van der Waals surface area contributed by atoms with Gasteiger partial charge in [-0.25, -0.2) is 14.4 Å². The molecule has 89 heavy (non-hydrogen) atoms. The summed E-state index contributed by atoms with van der Waals surface area (Å²) in [6.45, 7) is 35.9. The van der Waals surface area contributed by atoms with Gasteiger partial charge in [-0.2, -0.15) is 0 Å². The Hall–Kier alpha value is -5.98. The molecule has 1 aliphatic heterocycles. The van der Waals surface area contributed by atoms with E-state index < -0.39 is 119 Å². The fourth-order valence-electron chi connectivity index (χ4n) is 11.7. The van der Waals surface area contributed by atoms with Gasteiger partial charge >= 0.3 is 18.3 Å². The molecule has 2 fully saturated rings. The number of amides is 4. The van der Waals surface area contributed by atoms with Gasteiger partial charge in [0.15, 0.2) is 12.2 Å². The molecule has 12 atom stereocenters. The minimum Gasteiger partial charge on any atom is -0.474 e. The summed E-state index contributed by atoms with van der Waals surface area (Å²) in [6, 6.07) is 11.5. The summed E-state index contributed by atoms with van der Waals surface area (Å²) in [5.74, 6) is -1.19. The molecule has 4 amide bonds. The highest BCUT2D eigenvalue weighted by Crippen LogP contribution is 2.45. The molecule has 5 rings (SSSR count). The predicted molar refractivity (Wildman–Crippen MR) is 341 cm³/mol. The Morgan fingerprint density at radius 2 is 1.39 bits per heavy atom. The normalized spacial score (nSPS) is 25.0. The lowest BCUT2D eigenvalue weighted by molar-refractivity contribution is -0.315. The van der Waals surface area contributed by atoms with Crippen LogP contribution in [0.3, 0.4) is 0 Å². The molecule has 22 heteroatoms. The van der Waals surface area contributed by atoms with E-state index in [9.17, 15) is 44.7 Å². The summed E-state index contributed by atoms with van der Waals surface area (Å²) in [6.07, 6.45) is -7.10. The van der Waals surface area contributed by atoms with Crippen LogP contribution >= 0.6 is 0 Å². The summed E-state index contributed by atoms with van der Waals surface area (Å²) in [5, 5.41) is 80.7. The Kier molecular flexibility index (Phi) is 25.6. The van der Waals surface area contributed by atoms with Gasteiger partial charge < -0.3 is 90.8 Å². The number of likely N-dealkylation sites (N-methyl/N-ethyl adjacent to an activating group) is 1. The number of hydrogen-bond acceptors (Lipinski definition) is 18. The Morgan fingerprint density at radius 1 is 0.809 bits per heavy atom. The lowest BCUT2D eigenvalue weighted by Gasteiger charge is -2.55. The highest BCUT2D eigenvalue weighted by atomic mass is 16.7. The van der Waals surface area contributed by atoms with Gasteiger partial charge in [0.25, 0.3) is 0 Å². The van der Waals surface area contributed by atoms with Gasteiger partial charge in [0.1, 0.15) is 52.9 Å². The molecule has 500 valence electrons. The number of hydrogen-bond donors (Lipinski definition) is 11. The van der Waals surface area contributed by atoms with Crippen molar-refractivity contribution in [2.24, 2.45) is 11.3 Å². The minimum atomic E-state index is -2.40. The van der Waals surface area contributed by atoms with Crippen molar-refractivity contribution in [1.82, 2.24) is 36.8 Å². The van der Waals surface area contributed by atoms with Gasteiger partial charge in [0.05, 0.1) is 30.8 Å². The maximum Gasteiger partial charge on any atom is 0.410 e. The molecule has 22 nitrogen and oxygen atoms in total. The number of carbonyl (C=O) groups excluding carboxylic acids is 4. The first-order valence-corrected chi connectivity index (χ1v) is 31.2. The van der Waals surface area contributed by atoms with Crippen LogP contribution in [0.4, 0.5) is 14.4 Å². The Morgan fingerprint density at radius 3 is 1.98 bits per heavy atom. The van der Waals surface area contributed by atoms with E-state index in [0.29, 0.717) is 31.9 Å². The molecule has 3 aliphatic rings. The summed E-state index contributed by atoms with van der Waals surface area (Å²) in [7, 11) is 1.36. The smallest absolute Gasteiger partial charge is 0.410 e. The monoisotopic (exact) mass is 1250 g/mol.